The van der Waals surface area contributed by atoms with E-state index in [9.17, 15) is 18.0 Å². The van der Waals surface area contributed by atoms with E-state index in [0.717, 1.165) is 10.1 Å². The molecule has 1 aromatic heterocycles. The van der Waals surface area contributed by atoms with Crippen molar-refractivity contribution < 1.29 is 18.0 Å². The van der Waals surface area contributed by atoms with Crippen LogP contribution in [0.15, 0.2) is 30.3 Å². The minimum absolute atomic E-state index is 0.0899. The summed E-state index contributed by atoms with van der Waals surface area (Å²) < 4.78 is 38.1. The van der Waals surface area contributed by atoms with Crippen molar-refractivity contribution in [2.24, 2.45) is 0 Å². The van der Waals surface area contributed by atoms with Gasteiger partial charge in [-0.05, 0) is 17.5 Å². The summed E-state index contributed by atoms with van der Waals surface area (Å²) in [6.07, 6.45) is -4.18. The number of piperazine rings is 1. The Bertz CT molecular complexity index is 642. The van der Waals surface area contributed by atoms with Crippen LogP contribution in [-0.4, -0.2) is 54.6 Å². The number of halogens is 3. The van der Waals surface area contributed by atoms with Crippen LogP contribution in [0, 0.1) is 0 Å². The largest absolute Gasteiger partial charge is 0.401 e. The van der Waals surface area contributed by atoms with Crippen molar-refractivity contribution in [1.82, 2.24) is 9.80 Å². The Balaban J connectivity index is 1.64. The van der Waals surface area contributed by atoms with Crippen LogP contribution in [0.5, 0.6) is 0 Å². The minimum atomic E-state index is -4.18. The second-order valence-electron chi connectivity index (χ2n) is 5.33. The summed E-state index contributed by atoms with van der Waals surface area (Å²) in [7, 11) is 0. The molecule has 1 aliphatic heterocycles. The maximum Gasteiger partial charge on any atom is 0.401 e. The highest BCUT2D eigenvalue weighted by Crippen LogP contribution is 2.26. The molecule has 0 saturated carbocycles. The van der Waals surface area contributed by atoms with Crippen LogP contribution < -0.4 is 0 Å². The van der Waals surface area contributed by atoms with Gasteiger partial charge in [0.2, 0.25) is 0 Å². The third-order valence-corrected chi connectivity index (χ3v) is 4.80. The monoisotopic (exact) mass is 328 g/mol. The number of nitrogens with zero attached hydrogens (tertiary/aromatic N) is 2. The van der Waals surface area contributed by atoms with E-state index >= 15 is 0 Å². The fourth-order valence-electron chi connectivity index (χ4n) is 2.61. The van der Waals surface area contributed by atoms with Gasteiger partial charge in [0.05, 0.1) is 11.4 Å². The Morgan fingerprint density at radius 1 is 1.14 bits per heavy atom. The van der Waals surface area contributed by atoms with Crippen molar-refractivity contribution >= 4 is 27.3 Å². The van der Waals surface area contributed by atoms with Crippen LogP contribution >= 0.6 is 11.3 Å². The molecular weight excluding hydrogens is 313 g/mol. The lowest BCUT2D eigenvalue weighted by molar-refractivity contribution is -0.148. The van der Waals surface area contributed by atoms with Crippen LogP contribution in [0.1, 0.15) is 9.67 Å². The van der Waals surface area contributed by atoms with E-state index in [-0.39, 0.29) is 19.0 Å². The molecule has 0 bridgehead atoms. The molecule has 118 valence electrons. The number of hydrogen-bond donors (Lipinski definition) is 0. The van der Waals surface area contributed by atoms with Crippen molar-refractivity contribution in [3.05, 3.63) is 35.2 Å². The van der Waals surface area contributed by atoms with Crippen LogP contribution in [0.2, 0.25) is 0 Å². The summed E-state index contributed by atoms with van der Waals surface area (Å²) in [4.78, 5) is 16.1. The van der Waals surface area contributed by atoms with Gasteiger partial charge in [-0.1, -0.05) is 18.2 Å². The molecular formula is C15H15F3N2OS. The molecule has 1 amide bonds. The Labute approximate surface area is 129 Å². The van der Waals surface area contributed by atoms with Gasteiger partial charge in [0.15, 0.2) is 0 Å². The molecule has 0 N–H and O–H groups in total. The Hall–Kier alpha value is -1.60. The molecule has 0 aliphatic carbocycles. The van der Waals surface area contributed by atoms with E-state index in [1.54, 1.807) is 4.90 Å². The van der Waals surface area contributed by atoms with Crippen molar-refractivity contribution in [3.63, 3.8) is 0 Å². The van der Waals surface area contributed by atoms with Gasteiger partial charge in [0.25, 0.3) is 5.91 Å². The number of fused-ring (bicyclic) bond motifs is 1. The number of carbonyl (C=O) groups excluding carboxylic acids is 1. The van der Waals surface area contributed by atoms with Gasteiger partial charge in [-0.25, -0.2) is 0 Å². The minimum Gasteiger partial charge on any atom is -0.335 e. The van der Waals surface area contributed by atoms with E-state index in [2.05, 4.69) is 0 Å². The van der Waals surface area contributed by atoms with Gasteiger partial charge in [-0.15, -0.1) is 11.3 Å². The van der Waals surface area contributed by atoms with Crippen molar-refractivity contribution in [2.75, 3.05) is 32.7 Å². The predicted molar refractivity (Wildman–Crippen MR) is 80.2 cm³/mol. The van der Waals surface area contributed by atoms with E-state index in [0.29, 0.717) is 18.0 Å². The number of carbonyl (C=O) groups is 1. The zero-order valence-corrected chi connectivity index (χ0v) is 12.6. The molecule has 1 saturated heterocycles. The highest BCUT2D eigenvalue weighted by Gasteiger charge is 2.33. The molecule has 0 spiro atoms. The summed E-state index contributed by atoms with van der Waals surface area (Å²) >= 11 is 1.43. The molecule has 0 unspecified atom stereocenters. The van der Waals surface area contributed by atoms with E-state index in [1.165, 1.54) is 16.2 Å². The van der Waals surface area contributed by atoms with E-state index in [1.807, 2.05) is 30.3 Å². The quantitative estimate of drug-likeness (QED) is 0.845. The highest BCUT2D eigenvalue weighted by atomic mass is 32.1. The van der Waals surface area contributed by atoms with Crippen molar-refractivity contribution in [2.45, 2.75) is 6.18 Å². The number of alkyl halides is 3. The first kappa shape index (κ1) is 15.3. The number of rotatable bonds is 2. The standard InChI is InChI=1S/C15H15F3N2OS/c16-15(17,18)10-19-5-7-20(8-6-19)14(21)13-9-11-3-1-2-4-12(11)22-13/h1-4,9H,5-8,10H2. The summed E-state index contributed by atoms with van der Waals surface area (Å²) in [6.45, 7) is 0.288. The van der Waals surface area contributed by atoms with Crippen LogP contribution in [-0.2, 0) is 0 Å². The zero-order valence-electron chi connectivity index (χ0n) is 11.8. The lowest BCUT2D eigenvalue weighted by Crippen LogP contribution is -2.50. The van der Waals surface area contributed by atoms with Crippen LogP contribution in [0.25, 0.3) is 10.1 Å². The molecule has 1 aliphatic rings. The lowest BCUT2D eigenvalue weighted by Gasteiger charge is -2.34. The second-order valence-corrected chi connectivity index (χ2v) is 6.42. The van der Waals surface area contributed by atoms with Gasteiger partial charge in [0.1, 0.15) is 0 Å². The van der Waals surface area contributed by atoms with Crippen molar-refractivity contribution in [1.29, 1.82) is 0 Å². The van der Waals surface area contributed by atoms with Gasteiger partial charge < -0.3 is 4.90 Å². The normalized spacial score (nSPS) is 17.1. The summed E-state index contributed by atoms with van der Waals surface area (Å²) in [5.41, 5.74) is 0. The van der Waals surface area contributed by atoms with Crippen LogP contribution in [0.3, 0.4) is 0 Å². The van der Waals surface area contributed by atoms with Gasteiger partial charge in [-0.2, -0.15) is 13.2 Å². The maximum atomic E-state index is 12.5. The molecule has 7 heteroatoms. The molecule has 2 heterocycles. The molecule has 3 nitrogen and oxygen atoms in total. The second kappa shape index (κ2) is 5.89. The fraction of sp³-hybridized carbons (Fsp3) is 0.400. The molecule has 3 rings (SSSR count). The topological polar surface area (TPSA) is 23.6 Å². The summed E-state index contributed by atoms with van der Waals surface area (Å²) in [5.74, 6) is -0.0899. The fourth-order valence-corrected chi connectivity index (χ4v) is 3.64. The summed E-state index contributed by atoms with van der Waals surface area (Å²) in [5, 5.41) is 1.02. The smallest absolute Gasteiger partial charge is 0.335 e. The number of thiophene rings is 1. The molecule has 0 atom stereocenters. The third-order valence-electron chi connectivity index (χ3n) is 3.70. The Morgan fingerprint density at radius 2 is 1.82 bits per heavy atom. The average Bonchev–Trinajstić information content (AvgIpc) is 2.89. The molecule has 2 aromatic rings. The predicted octanol–water partition coefficient (Wildman–Crippen LogP) is 3.22. The molecule has 22 heavy (non-hydrogen) atoms. The van der Waals surface area contributed by atoms with E-state index < -0.39 is 12.7 Å². The number of amides is 1. The molecule has 1 aromatic carbocycles. The van der Waals surface area contributed by atoms with Gasteiger partial charge >= 0.3 is 6.18 Å². The first-order chi connectivity index (χ1) is 10.4. The third kappa shape index (κ3) is 3.41. The SMILES string of the molecule is O=C(c1cc2ccccc2s1)N1CCN(CC(F)(F)F)CC1. The number of hydrogen-bond acceptors (Lipinski definition) is 3. The summed E-state index contributed by atoms with van der Waals surface area (Å²) in [6, 6.07) is 9.59. The average molecular weight is 328 g/mol. The Morgan fingerprint density at radius 3 is 2.45 bits per heavy atom. The van der Waals surface area contributed by atoms with Gasteiger partial charge in [0, 0.05) is 30.9 Å². The molecule has 0 radical (unpaired) electrons. The zero-order chi connectivity index (χ0) is 15.7. The van der Waals surface area contributed by atoms with Gasteiger partial charge in [-0.3, -0.25) is 9.69 Å². The Kier molecular flexibility index (Phi) is 4.10. The van der Waals surface area contributed by atoms with E-state index in [4.69, 9.17) is 0 Å². The lowest BCUT2D eigenvalue weighted by atomic mass is 10.2. The number of benzene rings is 1. The first-order valence-corrected chi connectivity index (χ1v) is 7.81. The van der Waals surface area contributed by atoms with Crippen molar-refractivity contribution in [3.8, 4) is 0 Å². The highest BCUT2D eigenvalue weighted by molar-refractivity contribution is 7.20. The maximum absolute atomic E-state index is 12.5. The molecule has 1 fully saturated rings. The first-order valence-electron chi connectivity index (χ1n) is 6.99. The van der Waals surface area contributed by atoms with Crippen LogP contribution in [0.4, 0.5) is 13.2 Å².